The summed E-state index contributed by atoms with van der Waals surface area (Å²) < 4.78 is 0. The van der Waals surface area contributed by atoms with Crippen LogP contribution in [0.1, 0.15) is 39.5 Å². The average Bonchev–Trinajstić information content (AvgIpc) is 2.13. The van der Waals surface area contributed by atoms with Crippen LogP contribution in [-0.2, 0) is 4.79 Å². The molecule has 0 radical (unpaired) electrons. The molecule has 0 unspecified atom stereocenters. The molecule has 0 aromatic rings. The Kier molecular flexibility index (Phi) is 4.11. The first-order valence-corrected chi connectivity index (χ1v) is 5.79. The van der Waals surface area contributed by atoms with Crippen LogP contribution in [0.3, 0.4) is 0 Å². The molecule has 1 atom stereocenters. The number of hydrogen-bond acceptors (Lipinski definition) is 3. The lowest BCUT2D eigenvalue weighted by atomic mass is 9.88. The fraction of sp³-hybridized carbons (Fsp3) is 0.909. The highest BCUT2D eigenvalue weighted by molar-refractivity contribution is 5.82. The molecule has 4 heteroatoms. The van der Waals surface area contributed by atoms with Gasteiger partial charge in [0.25, 0.3) is 0 Å². The van der Waals surface area contributed by atoms with Crippen molar-refractivity contribution in [2.45, 2.75) is 51.2 Å². The normalized spacial score (nSPS) is 20.9. The topological polar surface area (TPSA) is 66.6 Å². The largest absolute Gasteiger partial charge is 0.386 e. The van der Waals surface area contributed by atoms with E-state index in [0.717, 1.165) is 25.7 Å². The number of amides is 1. The van der Waals surface area contributed by atoms with E-state index in [1.807, 2.05) is 13.8 Å². The Labute approximate surface area is 91.4 Å². The summed E-state index contributed by atoms with van der Waals surface area (Å²) in [4.78, 5) is 13.4. The number of carbonyl (C=O) groups excluding carboxylic acids is 1. The molecule has 0 spiro atoms. The molecule has 1 saturated heterocycles. The lowest BCUT2D eigenvalue weighted by molar-refractivity contribution is -0.158. The third-order valence-corrected chi connectivity index (χ3v) is 2.91. The predicted octanol–water partition coefficient (Wildman–Crippen LogP) is 0.487. The van der Waals surface area contributed by atoms with Crippen LogP contribution < -0.4 is 5.73 Å². The van der Waals surface area contributed by atoms with Crippen molar-refractivity contribution in [3.63, 3.8) is 0 Å². The molecule has 88 valence electrons. The standard InChI is InChI=1S/C11H22N2O2/c1-3-5-9(12)10(14)13-7-11(15,8-13)6-4-2/h9,15H,3-8,12H2,1-2H3/t9-/m1/s1. The van der Waals surface area contributed by atoms with Crippen molar-refractivity contribution in [2.24, 2.45) is 5.73 Å². The Hall–Kier alpha value is -0.610. The SMILES string of the molecule is CCC[C@@H](N)C(=O)N1CC(O)(CCC)C1. The van der Waals surface area contributed by atoms with Crippen LogP contribution in [-0.4, -0.2) is 40.6 Å². The molecule has 1 fully saturated rings. The summed E-state index contributed by atoms with van der Waals surface area (Å²) in [6, 6.07) is -0.388. The van der Waals surface area contributed by atoms with Crippen LogP contribution >= 0.6 is 0 Å². The zero-order valence-corrected chi connectivity index (χ0v) is 9.70. The van der Waals surface area contributed by atoms with Crippen LogP contribution in [0.25, 0.3) is 0 Å². The highest BCUT2D eigenvalue weighted by Crippen LogP contribution is 2.26. The van der Waals surface area contributed by atoms with Gasteiger partial charge >= 0.3 is 0 Å². The molecule has 1 aliphatic rings. The summed E-state index contributed by atoms with van der Waals surface area (Å²) in [6.45, 7) is 4.95. The molecule has 4 nitrogen and oxygen atoms in total. The van der Waals surface area contributed by atoms with Crippen molar-refractivity contribution in [3.8, 4) is 0 Å². The van der Waals surface area contributed by atoms with E-state index in [0.29, 0.717) is 13.1 Å². The Morgan fingerprint density at radius 2 is 2.07 bits per heavy atom. The van der Waals surface area contributed by atoms with E-state index in [-0.39, 0.29) is 11.9 Å². The van der Waals surface area contributed by atoms with Gasteiger partial charge in [0.2, 0.25) is 5.91 Å². The molecule has 1 heterocycles. The van der Waals surface area contributed by atoms with Gasteiger partial charge in [-0.05, 0) is 12.8 Å². The molecule has 0 aromatic carbocycles. The predicted molar refractivity (Wildman–Crippen MR) is 59.3 cm³/mol. The Bertz CT molecular complexity index is 225. The van der Waals surface area contributed by atoms with Gasteiger partial charge in [-0.2, -0.15) is 0 Å². The van der Waals surface area contributed by atoms with Crippen molar-refractivity contribution < 1.29 is 9.90 Å². The maximum atomic E-state index is 11.7. The van der Waals surface area contributed by atoms with Crippen LogP contribution in [0.5, 0.6) is 0 Å². The number of likely N-dealkylation sites (tertiary alicyclic amines) is 1. The molecule has 0 aliphatic carbocycles. The molecular weight excluding hydrogens is 192 g/mol. The average molecular weight is 214 g/mol. The van der Waals surface area contributed by atoms with Crippen LogP contribution in [0.15, 0.2) is 0 Å². The van der Waals surface area contributed by atoms with E-state index in [4.69, 9.17) is 5.73 Å². The van der Waals surface area contributed by atoms with Crippen molar-refractivity contribution in [1.82, 2.24) is 4.90 Å². The molecule has 0 saturated carbocycles. The third-order valence-electron chi connectivity index (χ3n) is 2.91. The molecule has 0 aromatic heterocycles. The third kappa shape index (κ3) is 2.92. The van der Waals surface area contributed by atoms with Crippen molar-refractivity contribution >= 4 is 5.91 Å². The number of nitrogens with two attached hydrogens (primary N) is 1. The van der Waals surface area contributed by atoms with Crippen molar-refractivity contribution in [2.75, 3.05) is 13.1 Å². The molecule has 15 heavy (non-hydrogen) atoms. The molecule has 1 aliphatic heterocycles. The van der Waals surface area contributed by atoms with Crippen LogP contribution in [0.4, 0.5) is 0 Å². The van der Waals surface area contributed by atoms with Crippen LogP contribution in [0.2, 0.25) is 0 Å². The first kappa shape index (κ1) is 12.5. The van der Waals surface area contributed by atoms with E-state index in [1.54, 1.807) is 4.90 Å². The van der Waals surface area contributed by atoms with E-state index in [1.165, 1.54) is 0 Å². The Morgan fingerprint density at radius 1 is 1.47 bits per heavy atom. The molecule has 3 N–H and O–H groups in total. The van der Waals surface area contributed by atoms with Gasteiger partial charge in [-0.15, -0.1) is 0 Å². The number of nitrogens with zero attached hydrogens (tertiary/aromatic N) is 1. The highest BCUT2D eigenvalue weighted by atomic mass is 16.3. The minimum absolute atomic E-state index is 0.0161. The fourth-order valence-electron chi connectivity index (χ4n) is 2.11. The summed E-state index contributed by atoms with van der Waals surface area (Å²) in [7, 11) is 0. The highest BCUT2D eigenvalue weighted by Gasteiger charge is 2.43. The number of carbonyl (C=O) groups is 1. The number of hydrogen-bond donors (Lipinski definition) is 2. The lowest BCUT2D eigenvalue weighted by Gasteiger charge is -2.47. The van der Waals surface area contributed by atoms with Gasteiger partial charge in [0.15, 0.2) is 0 Å². The van der Waals surface area contributed by atoms with Gasteiger partial charge in [-0.25, -0.2) is 0 Å². The smallest absolute Gasteiger partial charge is 0.239 e. The van der Waals surface area contributed by atoms with E-state index < -0.39 is 5.60 Å². The zero-order valence-electron chi connectivity index (χ0n) is 9.70. The summed E-state index contributed by atoms with van der Waals surface area (Å²) in [5.41, 5.74) is 5.09. The first-order valence-electron chi connectivity index (χ1n) is 5.79. The van der Waals surface area contributed by atoms with Gasteiger partial charge in [0, 0.05) is 0 Å². The van der Waals surface area contributed by atoms with Crippen molar-refractivity contribution in [3.05, 3.63) is 0 Å². The van der Waals surface area contributed by atoms with Gasteiger partial charge in [0.1, 0.15) is 0 Å². The fourth-order valence-corrected chi connectivity index (χ4v) is 2.11. The minimum Gasteiger partial charge on any atom is -0.386 e. The molecule has 1 amide bonds. The second-order valence-electron chi connectivity index (χ2n) is 4.56. The monoisotopic (exact) mass is 214 g/mol. The second-order valence-corrected chi connectivity index (χ2v) is 4.56. The van der Waals surface area contributed by atoms with Gasteiger partial charge < -0.3 is 15.7 Å². The summed E-state index contributed by atoms with van der Waals surface area (Å²) in [5.74, 6) is -0.0161. The Balaban J connectivity index is 2.34. The van der Waals surface area contributed by atoms with E-state index in [2.05, 4.69) is 0 Å². The molecule has 0 bridgehead atoms. The van der Waals surface area contributed by atoms with Gasteiger partial charge in [-0.1, -0.05) is 26.7 Å². The quantitative estimate of drug-likeness (QED) is 0.700. The van der Waals surface area contributed by atoms with Gasteiger partial charge in [-0.3, -0.25) is 4.79 Å². The number of β-amino-alcohol motifs (C(OH)–C–C–N with tert-alkyl or cyclic N) is 1. The maximum absolute atomic E-state index is 11.7. The number of aliphatic hydroxyl groups is 1. The summed E-state index contributed by atoms with van der Waals surface area (Å²) >= 11 is 0. The summed E-state index contributed by atoms with van der Waals surface area (Å²) in [6.07, 6.45) is 3.35. The van der Waals surface area contributed by atoms with Gasteiger partial charge in [0.05, 0.1) is 24.7 Å². The van der Waals surface area contributed by atoms with Crippen molar-refractivity contribution in [1.29, 1.82) is 0 Å². The van der Waals surface area contributed by atoms with E-state index in [9.17, 15) is 9.90 Å². The molecule has 1 rings (SSSR count). The second kappa shape index (κ2) is 4.94. The lowest BCUT2D eigenvalue weighted by Crippen LogP contribution is -2.65. The maximum Gasteiger partial charge on any atom is 0.239 e. The number of rotatable bonds is 5. The van der Waals surface area contributed by atoms with Crippen LogP contribution in [0, 0.1) is 0 Å². The zero-order chi connectivity index (χ0) is 11.5. The summed E-state index contributed by atoms with van der Waals surface area (Å²) in [5, 5.41) is 9.91. The Morgan fingerprint density at radius 3 is 2.53 bits per heavy atom. The molecular formula is C11H22N2O2. The van der Waals surface area contributed by atoms with E-state index >= 15 is 0 Å². The first-order chi connectivity index (χ1) is 7.02. The minimum atomic E-state index is -0.643.